The number of carboxylic acids is 1. The molecule has 212 valence electrons. The first-order valence-corrected chi connectivity index (χ1v) is 12.4. The first-order chi connectivity index (χ1) is 19.2. The Bertz CT molecular complexity index is 1340. The molecular weight excluding hydrogens is 522 g/mol. The molecule has 15 heteroatoms. The van der Waals surface area contributed by atoms with E-state index >= 15 is 0 Å². The number of nitrogens with one attached hydrogen (secondary N) is 6. The third-order valence-electron chi connectivity index (χ3n) is 5.66. The Morgan fingerprint density at radius 2 is 1.50 bits per heavy atom. The highest BCUT2D eigenvalue weighted by molar-refractivity contribution is 6.04. The van der Waals surface area contributed by atoms with Gasteiger partial charge >= 0.3 is 5.97 Å². The van der Waals surface area contributed by atoms with E-state index in [1.165, 1.54) is 19.1 Å². The third-order valence-corrected chi connectivity index (χ3v) is 5.66. The first-order valence-electron chi connectivity index (χ1n) is 12.4. The monoisotopic (exact) mass is 553 g/mol. The standard InChI is InChI=1S/C25H31N9O6/c1-14(35)27-20-12-18(32-33-20)24(38)30-21-13-17(31-34-21)23(37)28-16(9-5-6-10-26)22(36)29-19(25(39)40)11-15-7-3-2-4-8-15/h2-4,7-8,12-13,16,19H,5-6,9-11,26H2,1H3,(H,28,37)(H,29,36)(H,39,40)(H2,27,32,33,35)(H2,30,31,34,38)/t16-,19-/m0/s1. The van der Waals surface area contributed by atoms with Gasteiger partial charge in [0.15, 0.2) is 11.6 Å². The highest BCUT2D eigenvalue weighted by atomic mass is 16.4. The van der Waals surface area contributed by atoms with Crippen molar-refractivity contribution in [1.82, 2.24) is 31.0 Å². The summed E-state index contributed by atoms with van der Waals surface area (Å²) in [6, 6.07) is 9.19. The lowest BCUT2D eigenvalue weighted by atomic mass is 10.0. The molecule has 3 aromatic rings. The van der Waals surface area contributed by atoms with Crippen LogP contribution in [0.15, 0.2) is 42.5 Å². The van der Waals surface area contributed by atoms with E-state index in [1.807, 2.05) is 0 Å². The number of aromatic nitrogens is 4. The van der Waals surface area contributed by atoms with Crippen LogP contribution in [0, 0.1) is 0 Å². The minimum absolute atomic E-state index is 0.0174. The van der Waals surface area contributed by atoms with Crippen LogP contribution in [0.5, 0.6) is 0 Å². The number of carbonyl (C=O) groups is 5. The molecule has 0 aliphatic heterocycles. The Kier molecular flexibility index (Phi) is 10.5. The maximum absolute atomic E-state index is 13.0. The van der Waals surface area contributed by atoms with E-state index in [1.54, 1.807) is 30.3 Å². The topological polar surface area (TPSA) is 237 Å². The van der Waals surface area contributed by atoms with Crippen LogP contribution in [-0.2, 0) is 20.8 Å². The molecule has 0 unspecified atom stereocenters. The smallest absolute Gasteiger partial charge is 0.326 e. The zero-order valence-corrected chi connectivity index (χ0v) is 21.7. The van der Waals surface area contributed by atoms with Gasteiger partial charge in [-0.25, -0.2) is 4.79 Å². The van der Waals surface area contributed by atoms with Crippen molar-refractivity contribution < 1.29 is 29.1 Å². The highest BCUT2D eigenvalue weighted by Gasteiger charge is 2.27. The number of carboxylic acid groups (broad SMARTS) is 1. The van der Waals surface area contributed by atoms with Crippen LogP contribution in [0.1, 0.15) is 52.7 Å². The molecule has 1 aromatic carbocycles. The number of aliphatic carboxylic acids is 1. The molecule has 15 nitrogen and oxygen atoms in total. The van der Waals surface area contributed by atoms with E-state index in [0.29, 0.717) is 19.4 Å². The van der Waals surface area contributed by atoms with Crippen molar-refractivity contribution in [1.29, 1.82) is 0 Å². The van der Waals surface area contributed by atoms with Crippen LogP contribution in [-0.4, -0.2) is 73.7 Å². The van der Waals surface area contributed by atoms with Gasteiger partial charge in [0, 0.05) is 25.5 Å². The zero-order valence-electron chi connectivity index (χ0n) is 21.7. The van der Waals surface area contributed by atoms with Gasteiger partial charge in [-0.05, 0) is 31.4 Å². The summed E-state index contributed by atoms with van der Waals surface area (Å²) in [5.74, 6) is -3.36. The maximum Gasteiger partial charge on any atom is 0.326 e. The molecule has 2 heterocycles. The fourth-order valence-electron chi connectivity index (χ4n) is 3.69. The van der Waals surface area contributed by atoms with Crippen molar-refractivity contribution >= 4 is 41.2 Å². The van der Waals surface area contributed by atoms with Crippen molar-refractivity contribution in [2.75, 3.05) is 17.2 Å². The molecule has 3 rings (SSSR count). The zero-order chi connectivity index (χ0) is 29.1. The van der Waals surface area contributed by atoms with Crippen LogP contribution >= 0.6 is 0 Å². The van der Waals surface area contributed by atoms with Gasteiger partial charge in [0.05, 0.1) is 0 Å². The van der Waals surface area contributed by atoms with Crippen molar-refractivity contribution in [3.8, 4) is 0 Å². The summed E-state index contributed by atoms with van der Waals surface area (Å²) in [5, 5.41) is 32.3. The number of amides is 4. The van der Waals surface area contributed by atoms with Gasteiger partial charge in [-0.3, -0.25) is 29.4 Å². The fourth-order valence-corrected chi connectivity index (χ4v) is 3.69. The number of rotatable bonds is 14. The summed E-state index contributed by atoms with van der Waals surface area (Å²) in [7, 11) is 0. The van der Waals surface area contributed by atoms with Gasteiger partial charge in [0.1, 0.15) is 23.5 Å². The number of nitrogens with two attached hydrogens (primary N) is 1. The molecule has 0 spiro atoms. The quantitative estimate of drug-likeness (QED) is 0.129. The molecular formula is C25H31N9O6. The average Bonchev–Trinajstić information content (AvgIpc) is 3.58. The van der Waals surface area contributed by atoms with Crippen LogP contribution in [0.4, 0.5) is 11.6 Å². The normalized spacial score (nSPS) is 12.2. The Hall–Kier alpha value is -5.05. The van der Waals surface area contributed by atoms with Gasteiger partial charge in [-0.15, -0.1) is 0 Å². The lowest BCUT2D eigenvalue weighted by molar-refractivity contribution is -0.142. The van der Waals surface area contributed by atoms with E-state index in [9.17, 15) is 29.1 Å². The van der Waals surface area contributed by atoms with Gasteiger partial charge < -0.3 is 32.1 Å². The van der Waals surface area contributed by atoms with E-state index < -0.39 is 35.8 Å². The molecule has 0 fully saturated rings. The summed E-state index contributed by atoms with van der Waals surface area (Å²) in [6.45, 7) is 1.69. The third kappa shape index (κ3) is 8.76. The maximum atomic E-state index is 13.0. The number of hydrogen-bond acceptors (Lipinski definition) is 8. The molecule has 0 aliphatic carbocycles. The first kappa shape index (κ1) is 29.5. The second kappa shape index (κ2) is 14.2. The van der Waals surface area contributed by atoms with Crippen molar-refractivity contribution in [2.24, 2.45) is 5.73 Å². The summed E-state index contributed by atoms with van der Waals surface area (Å²) in [5.41, 5.74) is 6.28. The SMILES string of the molecule is CC(=O)Nc1cc(C(=O)Nc2cc(C(=O)N[C@@H](CCCCN)C(=O)N[C@@H](Cc3ccccc3)C(=O)O)[nH]n2)[nH]n1. The molecule has 0 bridgehead atoms. The Labute approximate surface area is 228 Å². The Morgan fingerprint density at radius 1 is 0.875 bits per heavy atom. The van der Waals surface area contributed by atoms with Gasteiger partial charge in [-0.2, -0.15) is 10.2 Å². The van der Waals surface area contributed by atoms with Crippen molar-refractivity contribution in [3.63, 3.8) is 0 Å². The second-order valence-electron chi connectivity index (χ2n) is 8.87. The number of nitrogens with zero attached hydrogens (tertiary/aromatic N) is 2. The Morgan fingerprint density at radius 3 is 2.10 bits per heavy atom. The van der Waals surface area contributed by atoms with Crippen molar-refractivity contribution in [2.45, 2.75) is 44.7 Å². The highest BCUT2D eigenvalue weighted by Crippen LogP contribution is 2.11. The number of unbranched alkanes of at least 4 members (excludes halogenated alkanes) is 1. The molecule has 9 N–H and O–H groups in total. The molecule has 0 radical (unpaired) electrons. The van der Waals surface area contributed by atoms with E-state index in [-0.39, 0.29) is 41.8 Å². The van der Waals surface area contributed by atoms with E-state index in [2.05, 4.69) is 41.7 Å². The average molecular weight is 554 g/mol. The number of hydrogen-bond donors (Lipinski definition) is 8. The molecule has 2 atom stereocenters. The largest absolute Gasteiger partial charge is 0.480 e. The lowest BCUT2D eigenvalue weighted by Gasteiger charge is -2.21. The molecule has 0 saturated carbocycles. The number of carbonyl (C=O) groups excluding carboxylic acids is 4. The van der Waals surface area contributed by atoms with Crippen LogP contribution in [0.2, 0.25) is 0 Å². The van der Waals surface area contributed by atoms with Gasteiger partial charge in [0.25, 0.3) is 11.8 Å². The Balaban J connectivity index is 1.64. The summed E-state index contributed by atoms with van der Waals surface area (Å²) in [6.07, 6.45) is 1.40. The minimum atomic E-state index is -1.21. The fraction of sp³-hybridized carbons (Fsp3) is 0.320. The van der Waals surface area contributed by atoms with Crippen LogP contribution in [0.3, 0.4) is 0 Å². The van der Waals surface area contributed by atoms with E-state index in [0.717, 1.165) is 5.56 Å². The van der Waals surface area contributed by atoms with Gasteiger partial charge in [-0.1, -0.05) is 30.3 Å². The summed E-state index contributed by atoms with van der Waals surface area (Å²) < 4.78 is 0. The van der Waals surface area contributed by atoms with Crippen LogP contribution in [0.25, 0.3) is 0 Å². The second-order valence-corrected chi connectivity index (χ2v) is 8.87. The lowest BCUT2D eigenvalue weighted by Crippen LogP contribution is -2.52. The summed E-state index contributed by atoms with van der Waals surface area (Å²) >= 11 is 0. The predicted molar refractivity (Wildman–Crippen MR) is 143 cm³/mol. The number of H-pyrrole nitrogens is 2. The van der Waals surface area contributed by atoms with Gasteiger partial charge in [0.2, 0.25) is 11.8 Å². The number of benzene rings is 1. The molecule has 40 heavy (non-hydrogen) atoms. The molecule has 4 amide bonds. The number of anilines is 2. The van der Waals surface area contributed by atoms with Crippen LogP contribution < -0.4 is 27.0 Å². The summed E-state index contributed by atoms with van der Waals surface area (Å²) in [4.78, 5) is 61.3. The molecule has 2 aromatic heterocycles. The molecule has 0 aliphatic rings. The van der Waals surface area contributed by atoms with E-state index in [4.69, 9.17) is 5.73 Å². The number of aromatic amines is 2. The predicted octanol–water partition coefficient (Wildman–Crippen LogP) is 0.383. The minimum Gasteiger partial charge on any atom is -0.480 e. The van der Waals surface area contributed by atoms with Crippen molar-refractivity contribution in [3.05, 3.63) is 59.4 Å². The molecule has 0 saturated heterocycles.